The first-order valence-electron chi connectivity index (χ1n) is 6.19. The molecular weight excluding hydrogens is 320 g/mol. The van der Waals surface area contributed by atoms with E-state index >= 15 is 0 Å². The zero-order valence-corrected chi connectivity index (χ0v) is 12.6. The van der Waals surface area contributed by atoms with Crippen molar-refractivity contribution >= 4 is 24.6 Å². The number of ether oxygens (including phenoxy) is 1. The molecular formula is C13H14ClF2N3OS. The molecule has 1 aliphatic rings. The van der Waals surface area contributed by atoms with E-state index in [1.807, 2.05) is 4.57 Å². The summed E-state index contributed by atoms with van der Waals surface area (Å²) in [5.74, 6) is -1.16. The van der Waals surface area contributed by atoms with E-state index in [9.17, 15) is 8.78 Å². The smallest absolute Gasteiger partial charge is 0.177 e. The lowest BCUT2D eigenvalue weighted by molar-refractivity contribution is 0.210. The Balaban J connectivity index is 0.00000161. The van der Waals surface area contributed by atoms with Crippen LogP contribution in [0.3, 0.4) is 0 Å². The number of fused-ring (bicyclic) bond motifs is 1. The number of halogens is 3. The minimum atomic E-state index is -0.671. The number of rotatable bonds is 2. The van der Waals surface area contributed by atoms with Crippen LogP contribution in [0.4, 0.5) is 8.78 Å². The Morgan fingerprint density at radius 2 is 2.19 bits per heavy atom. The number of aromatic amines is 1. The van der Waals surface area contributed by atoms with Crippen LogP contribution in [0.15, 0.2) is 18.3 Å². The second-order valence-electron chi connectivity index (χ2n) is 4.70. The van der Waals surface area contributed by atoms with Crippen molar-refractivity contribution in [1.82, 2.24) is 9.55 Å². The number of H-pyrrole nitrogens is 1. The van der Waals surface area contributed by atoms with E-state index in [0.29, 0.717) is 23.3 Å². The van der Waals surface area contributed by atoms with Gasteiger partial charge in [-0.05, 0) is 18.3 Å². The summed E-state index contributed by atoms with van der Waals surface area (Å²) < 4.78 is 34.7. The Morgan fingerprint density at radius 1 is 1.43 bits per heavy atom. The van der Waals surface area contributed by atoms with Crippen molar-refractivity contribution in [2.24, 2.45) is 5.73 Å². The molecule has 3 rings (SSSR count). The maximum atomic E-state index is 13.6. The highest BCUT2D eigenvalue weighted by Crippen LogP contribution is 2.33. The lowest BCUT2D eigenvalue weighted by atomic mass is 10.0. The van der Waals surface area contributed by atoms with Crippen molar-refractivity contribution < 1.29 is 13.5 Å². The zero-order valence-electron chi connectivity index (χ0n) is 10.9. The molecule has 1 atom stereocenters. The lowest BCUT2D eigenvalue weighted by Crippen LogP contribution is -2.27. The van der Waals surface area contributed by atoms with Crippen LogP contribution in [0.2, 0.25) is 0 Å². The van der Waals surface area contributed by atoms with Crippen LogP contribution < -0.4 is 10.5 Å². The highest BCUT2D eigenvalue weighted by Gasteiger charge is 2.26. The van der Waals surface area contributed by atoms with E-state index in [-0.39, 0.29) is 30.8 Å². The molecule has 0 saturated heterocycles. The van der Waals surface area contributed by atoms with E-state index in [2.05, 4.69) is 4.98 Å². The Kier molecular flexibility index (Phi) is 4.65. The van der Waals surface area contributed by atoms with E-state index in [0.717, 1.165) is 11.8 Å². The summed E-state index contributed by atoms with van der Waals surface area (Å²) in [6, 6.07) is 2.00. The topological polar surface area (TPSA) is 56.0 Å². The lowest BCUT2D eigenvalue weighted by Gasteiger charge is -2.27. The molecule has 0 spiro atoms. The fourth-order valence-corrected chi connectivity index (χ4v) is 2.88. The van der Waals surface area contributed by atoms with Crippen molar-refractivity contribution in [3.8, 4) is 5.75 Å². The van der Waals surface area contributed by atoms with Gasteiger partial charge in [0.15, 0.2) is 16.3 Å². The van der Waals surface area contributed by atoms with Gasteiger partial charge in [-0.1, -0.05) is 0 Å². The zero-order chi connectivity index (χ0) is 14.3. The first kappa shape index (κ1) is 15.9. The van der Waals surface area contributed by atoms with Crippen LogP contribution in [0.25, 0.3) is 0 Å². The average Bonchev–Trinajstić information content (AvgIpc) is 2.78. The Hall–Kier alpha value is -1.44. The first-order chi connectivity index (χ1) is 9.60. The van der Waals surface area contributed by atoms with Crippen LogP contribution in [-0.2, 0) is 13.0 Å². The maximum absolute atomic E-state index is 13.6. The molecule has 0 radical (unpaired) electrons. The number of hydrogen-bond acceptors (Lipinski definition) is 3. The molecule has 1 unspecified atom stereocenters. The van der Waals surface area contributed by atoms with Crippen molar-refractivity contribution in [1.29, 1.82) is 0 Å². The number of nitrogens with two attached hydrogens (primary N) is 1. The summed E-state index contributed by atoms with van der Waals surface area (Å²) in [5, 5.41) is 0. The molecule has 3 N–H and O–H groups in total. The molecule has 114 valence electrons. The molecule has 1 aromatic heterocycles. The highest BCUT2D eigenvalue weighted by atomic mass is 35.5. The molecule has 1 aromatic carbocycles. The average molecular weight is 334 g/mol. The molecule has 2 heterocycles. The monoisotopic (exact) mass is 333 g/mol. The number of imidazole rings is 1. The van der Waals surface area contributed by atoms with Gasteiger partial charge in [0.25, 0.3) is 0 Å². The minimum absolute atomic E-state index is 0. The Labute approximate surface area is 131 Å². The number of aromatic nitrogens is 2. The second-order valence-corrected chi connectivity index (χ2v) is 5.09. The molecule has 4 nitrogen and oxygen atoms in total. The maximum Gasteiger partial charge on any atom is 0.177 e. The normalized spacial score (nSPS) is 16.8. The third kappa shape index (κ3) is 2.81. The molecule has 0 bridgehead atoms. The SMILES string of the molecule is Cl.NCc1c[nH]c(=S)n1C1COc2c(F)cc(F)cc2C1. The van der Waals surface area contributed by atoms with Gasteiger partial charge >= 0.3 is 0 Å². The van der Waals surface area contributed by atoms with Crippen molar-refractivity contribution in [2.75, 3.05) is 6.61 Å². The third-order valence-corrected chi connectivity index (χ3v) is 3.74. The third-order valence-electron chi connectivity index (χ3n) is 3.43. The van der Waals surface area contributed by atoms with Gasteiger partial charge in [-0.2, -0.15) is 0 Å². The number of nitrogens with one attached hydrogen (secondary N) is 1. The molecule has 1 aliphatic heterocycles. The van der Waals surface area contributed by atoms with Gasteiger partial charge < -0.3 is 20.0 Å². The molecule has 0 aliphatic carbocycles. The molecule has 21 heavy (non-hydrogen) atoms. The summed E-state index contributed by atoms with van der Waals surface area (Å²) in [6.07, 6.45) is 2.19. The van der Waals surface area contributed by atoms with Crippen molar-refractivity contribution in [3.05, 3.63) is 46.0 Å². The first-order valence-corrected chi connectivity index (χ1v) is 6.60. The van der Waals surface area contributed by atoms with Gasteiger partial charge in [-0.15, -0.1) is 12.4 Å². The van der Waals surface area contributed by atoms with Crippen LogP contribution in [-0.4, -0.2) is 16.2 Å². The van der Waals surface area contributed by atoms with E-state index in [1.54, 1.807) is 6.20 Å². The highest BCUT2D eigenvalue weighted by molar-refractivity contribution is 7.71. The van der Waals surface area contributed by atoms with Crippen molar-refractivity contribution in [2.45, 2.75) is 19.0 Å². The van der Waals surface area contributed by atoms with Crippen molar-refractivity contribution in [3.63, 3.8) is 0 Å². The standard InChI is InChI=1S/C13H13F2N3OS.ClH/c14-8-1-7-2-9(6-19-12(7)11(15)3-8)18-10(4-16)5-17-13(18)20;/h1,3,5,9H,2,4,6,16H2,(H,17,20);1H. The van der Waals surface area contributed by atoms with Crippen LogP contribution in [0.1, 0.15) is 17.3 Å². The summed E-state index contributed by atoms with van der Waals surface area (Å²) in [7, 11) is 0. The quantitative estimate of drug-likeness (QED) is 0.831. The molecule has 0 fully saturated rings. The number of hydrogen-bond donors (Lipinski definition) is 2. The molecule has 8 heteroatoms. The molecule has 0 saturated carbocycles. The van der Waals surface area contributed by atoms with Gasteiger partial charge in [0.2, 0.25) is 0 Å². The van der Waals surface area contributed by atoms with Gasteiger partial charge in [-0.25, -0.2) is 8.78 Å². The van der Waals surface area contributed by atoms with Gasteiger partial charge in [0.05, 0.1) is 11.7 Å². The van der Waals surface area contributed by atoms with Crippen LogP contribution in [0, 0.1) is 16.4 Å². The fraction of sp³-hybridized carbons (Fsp3) is 0.308. The van der Waals surface area contributed by atoms with E-state index < -0.39 is 11.6 Å². The van der Waals surface area contributed by atoms with Crippen LogP contribution >= 0.6 is 24.6 Å². The summed E-state index contributed by atoms with van der Waals surface area (Å²) in [5.41, 5.74) is 7.01. The largest absolute Gasteiger partial charge is 0.488 e. The predicted molar refractivity (Wildman–Crippen MR) is 79.4 cm³/mol. The Morgan fingerprint density at radius 3 is 2.90 bits per heavy atom. The fourth-order valence-electron chi connectivity index (χ4n) is 2.56. The van der Waals surface area contributed by atoms with Crippen LogP contribution in [0.5, 0.6) is 5.75 Å². The second kappa shape index (κ2) is 6.13. The number of benzene rings is 1. The minimum Gasteiger partial charge on any atom is -0.488 e. The van der Waals surface area contributed by atoms with E-state index in [1.165, 1.54) is 6.07 Å². The molecule has 0 amide bonds. The summed E-state index contributed by atoms with van der Waals surface area (Å²) in [4.78, 5) is 2.93. The number of nitrogens with zero attached hydrogens (tertiary/aromatic N) is 1. The van der Waals surface area contributed by atoms with E-state index in [4.69, 9.17) is 22.7 Å². The predicted octanol–water partition coefficient (Wildman–Crippen LogP) is 2.88. The Bertz CT molecular complexity index is 716. The molecule has 2 aromatic rings. The van der Waals surface area contributed by atoms with Gasteiger partial charge in [0.1, 0.15) is 12.4 Å². The van der Waals surface area contributed by atoms with Gasteiger partial charge in [-0.3, -0.25) is 0 Å². The summed E-state index contributed by atoms with van der Waals surface area (Å²) in [6.45, 7) is 0.600. The summed E-state index contributed by atoms with van der Waals surface area (Å²) >= 11 is 5.22. The van der Waals surface area contributed by atoms with Gasteiger partial charge in [0, 0.05) is 30.8 Å².